The summed E-state index contributed by atoms with van der Waals surface area (Å²) in [7, 11) is -3.48. The number of piperidine rings is 1. The lowest BCUT2D eigenvalue weighted by atomic mass is 10.00. The molecule has 1 saturated heterocycles. The molecular weight excluding hydrogens is 372 g/mol. The Hall–Kier alpha value is -0.960. The molecule has 0 aliphatic carbocycles. The minimum Gasteiger partial charge on any atom is -0.480 e. The minimum absolute atomic E-state index is 0.101. The summed E-state index contributed by atoms with van der Waals surface area (Å²) in [5.41, 5.74) is 0. The van der Waals surface area contributed by atoms with Crippen molar-refractivity contribution in [1.29, 1.82) is 0 Å². The van der Waals surface area contributed by atoms with Gasteiger partial charge in [-0.2, -0.15) is 4.31 Å². The van der Waals surface area contributed by atoms with E-state index in [0.717, 1.165) is 17.3 Å². The van der Waals surface area contributed by atoms with Crippen molar-refractivity contribution in [2.45, 2.75) is 17.7 Å². The Morgan fingerprint density at radius 2 is 2.05 bits per heavy atom. The molecular formula is C14H19BrN2O4S. The largest absolute Gasteiger partial charge is 0.480 e. The Bertz CT molecular complexity index is 618. The Labute approximate surface area is 138 Å². The molecule has 1 aliphatic rings. The average molecular weight is 391 g/mol. The highest BCUT2D eigenvalue weighted by Crippen LogP contribution is 2.24. The molecule has 1 aliphatic heterocycles. The van der Waals surface area contributed by atoms with Crippen molar-refractivity contribution in [3.05, 3.63) is 28.7 Å². The minimum atomic E-state index is -3.48. The van der Waals surface area contributed by atoms with E-state index in [9.17, 15) is 13.2 Å². The molecule has 2 N–H and O–H groups in total. The SMILES string of the molecule is O=C(O)CNCC1CCCN(S(=O)(=O)c2ccc(Br)cc2)C1. The van der Waals surface area contributed by atoms with Crippen LogP contribution >= 0.6 is 15.9 Å². The smallest absolute Gasteiger partial charge is 0.317 e. The fourth-order valence-corrected chi connectivity index (χ4v) is 4.37. The van der Waals surface area contributed by atoms with Gasteiger partial charge in [0.05, 0.1) is 11.4 Å². The summed E-state index contributed by atoms with van der Waals surface area (Å²) in [6, 6.07) is 6.60. The molecule has 0 spiro atoms. The van der Waals surface area contributed by atoms with Crippen molar-refractivity contribution in [3.63, 3.8) is 0 Å². The zero-order chi connectivity index (χ0) is 16.2. The predicted octanol–water partition coefficient (Wildman–Crippen LogP) is 1.52. The number of carbonyl (C=O) groups is 1. The number of carboxylic acids is 1. The molecule has 0 amide bonds. The van der Waals surface area contributed by atoms with E-state index < -0.39 is 16.0 Å². The van der Waals surface area contributed by atoms with E-state index in [2.05, 4.69) is 21.2 Å². The first-order chi connectivity index (χ1) is 10.4. The molecule has 1 unspecified atom stereocenters. The second kappa shape index (κ2) is 7.54. The van der Waals surface area contributed by atoms with E-state index in [-0.39, 0.29) is 17.4 Å². The molecule has 6 nitrogen and oxygen atoms in total. The van der Waals surface area contributed by atoms with Crippen molar-refractivity contribution in [2.24, 2.45) is 5.92 Å². The topological polar surface area (TPSA) is 86.7 Å². The molecule has 0 bridgehead atoms. The lowest BCUT2D eigenvalue weighted by Gasteiger charge is -2.32. The summed E-state index contributed by atoms with van der Waals surface area (Å²) in [6.07, 6.45) is 1.69. The van der Waals surface area contributed by atoms with Crippen molar-refractivity contribution in [1.82, 2.24) is 9.62 Å². The van der Waals surface area contributed by atoms with Crippen LogP contribution in [0.3, 0.4) is 0 Å². The van der Waals surface area contributed by atoms with Gasteiger partial charge in [0.2, 0.25) is 10.0 Å². The monoisotopic (exact) mass is 390 g/mol. The number of sulfonamides is 1. The summed E-state index contributed by atoms with van der Waals surface area (Å²) in [4.78, 5) is 10.8. The first kappa shape index (κ1) is 17.4. The van der Waals surface area contributed by atoms with Crippen LogP contribution in [-0.4, -0.2) is 50.0 Å². The summed E-state index contributed by atoms with van der Waals surface area (Å²) in [6.45, 7) is 1.34. The van der Waals surface area contributed by atoms with Crippen LogP contribution in [0, 0.1) is 5.92 Å². The highest BCUT2D eigenvalue weighted by molar-refractivity contribution is 9.10. The van der Waals surface area contributed by atoms with E-state index in [1.807, 2.05) is 0 Å². The summed E-state index contributed by atoms with van der Waals surface area (Å²) in [5, 5.41) is 11.5. The second-order valence-corrected chi connectivity index (χ2v) is 8.20. The third-order valence-electron chi connectivity index (χ3n) is 3.64. The predicted molar refractivity (Wildman–Crippen MR) is 86.1 cm³/mol. The maximum atomic E-state index is 12.6. The first-order valence-electron chi connectivity index (χ1n) is 7.08. The number of rotatable bonds is 6. The zero-order valence-electron chi connectivity index (χ0n) is 12.0. The average Bonchev–Trinajstić information content (AvgIpc) is 2.47. The van der Waals surface area contributed by atoms with E-state index in [1.165, 1.54) is 4.31 Å². The van der Waals surface area contributed by atoms with E-state index in [0.29, 0.717) is 19.6 Å². The standard InChI is InChI=1S/C14H19BrN2O4S/c15-12-3-5-13(6-4-12)22(20,21)17-7-1-2-11(10-17)8-16-9-14(18)19/h3-6,11,16H,1-2,7-10H2,(H,18,19). The molecule has 0 saturated carbocycles. The summed E-state index contributed by atoms with van der Waals surface area (Å²) in [5.74, 6) is -0.770. The van der Waals surface area contributed by atoms with Crippen LogP contribution in [0.25, 0.3) is 0 Å². The number of nitrogens with one attached hydrogen (secondary N) is 1. The van der Waals surface area contributed by atoms with Gasteiger partial charge in [-0.25, -0.2) is 8.42 Å². The fraction of sp³-hybridized carbons (Fsp3) is 0.500. The van der Waals surface area contributed by atoms with Gasteiger partial charge in [-0.05, 0) is 49.6 Å². The van der Waals surface area contributed by atoms with Gasteiger partial charge in [0.1, 0.15) is 0 Å². The van der Waals surface area contributed by atoms with Crippen LogP contribution < -0.4 is 5.32 Å². The van der Waals surface area contributed by atoms with Gasteiger partial charge in [0, 0.05) is 17.6 Å². The normalized spacial score (nSPS) is 20.0. The number of carboxylic acid groups (broad SMARTS) is 1. The zero-order valence-corrected chi connectivity index (χ0v) is 14.4. The van der Waals surface area contributed by atoms with Crippen molar-refractivity contribution >= 4 is 31.9 Å². The second-order valence-electron chi connectivity index (χ2n) is 5.35. The van der Waals surface area contributed by atoms with Gasteiger partial charge in [-0.15, -0.1) is 0 Å². The van der Waals surface area contributed by atoms with Crippen LogP contribution in [0.4, 0.5) is 0 Å². The number of halogens is 1. The van der Waals surface area contributed by atoms with Crippen LogP contribution in [0.5, 0.6) is 0 Å². The van der Waals surface area contributed by atoms with Gasteiger partial charge in [0.25, 0.3) is 0 Å². The molecule has 1 aromatic rings. The number of aliphatic carboxylic acids is 1. The maximum absolute atomic E-state index is 12.6. The summed E-state index contributed by atoms with van der Waals surface area (Å²) >= 11 is 3.29. The molecule has 1 heterocycles. The third-order valence-corrected chi connectivity index (χ3v) is 6.05. The number of hydrogen-bond donors (Lipinski definition) is 2. The lowest BCUT2D eigenvalue weighted by molar-refractivity contribution is -0.136. The van der Waals surface area contributed by atoms with E-state index in [1.54, 1.807) is 24.3 Å². The summed E-state index contributed by atoms with van der Waals surface area (Å²) < 4.78 is 27.6. The van der Waals surface area contributed by atoms with E-state index in [4.69, 9.17) is 5.11 Å². The molecule has 2 rings (SSSR count). The van der Waals surface area contributed by atoms with Gasteiger partial charge in [0.15, 0.2) is 0 Å². The molecule has 1 atom stereocenters. The lowest BCUT2D eigenvalue weighted by Crippen LogP contribution is -2.43. The van der Waals surface area contributed by atoms with E-state index >= 15 is 0 Å². The highest BCUT2D eigenvalue weighted by Gasteiger charge is 2.30. The Balaban J connectivity index is 2.01. The Kier molecular flexibility index (Phi) is 5.96. The van der Waals surface area contributed by atoms with Crippen LogP contribution in [0.2, 0.25) is 0 Å². The highest BCUT2D eigenvalue weighted by atomic mass is 79.9. The van der Waals surface area contributed by atoms with Crippen molar-refractivity contribution in [3.8, 4) is 0 Å². The van der Waals surface area contributed by atoms with Gasteiger partial charge in [-0.3, -0.25) is 4.79 Å². The third kappa shape index (κ3) is 4.52. The molecule has 122 valence electrons. The van der Waals surface area contributed by atoms with Gasteiger partial charge >= 0.3 is 5.97 Å². The molecule has 1 aromatic carbocycles. The quantitative estimate of drug-likeness (QED) is 0.768. The Morgan fingerprint density at radius 1 is 1.36 bits per heavy atom. The van der Waals surface area contributed by atoms with Crippen molar-refractivity contribution in [2.75, 3.05) is 26.2 Å². The number of hydrogen-bond acceptors (Lipinski definition) is 4. The maximum Gasteiger partial charge on any atom is 0.317 e. The number of benzene rings is 1. The molecule has 1 fully saturated rings. The molecule has 22 heavy (non-hydrogen) atoms. The van der Waals surface area contributed by atoms with Gasteiger partial charge < -0.3 is 10.4 Å². The first-order valence-corrected chi connectivity index (χ1v) is 9.31. The molecule has 0 aromatic heterocycles. The molecule has 8 heteroatoms. The molecule has 0 radical (unpaired) electrons. The van der Waals surface area contributed by atoms with Crippen LogP contribution in [0.1, 0.15) is 12.8 Å². The van der Waals surface area contributed by atoms with Crippen LogP contribution in [-0.2, 0) is 14.8 Å². The number of nitrogens with zero attached hydrogens (tertiary/aromatic N) is 1. The van der Waals surface area contributed by atoms with Gasteiger partial charge in [-0.1, -0.05) is 15.9 Å². The Morgan fingerprint density at radius 3 is 2.68 bits per heavy atom. The fourth-order valence-electron chi connectivity index (χ4n) is 2.55. The van der Waals surface area contributed by atoms with Crippen LogP contribution in [0.15, 0.2) is 33.6 Å². The van der Waals surface area contributed by atoms with Crippen molar-refractivity contribution < 1.29 is 18.3 Å².